The number of sulfone groups is 1. The van der Waals surface area contributed by atoms with Gasteiger partial charge in [-0.1, -0.05) is 0 Å². The molecule has 1 aromatic heterocycles. The summed E-state index contributed by atoms with van der Waals surface area (Å²) < 4.78 is 30.3. The first kappa shape index (κ1) is 17.7. The maximum atomic E-state index is 12.5. The molecule has 0 unspecified atom stereocenters. The average molecular weight is 341 g/mol. The Hall–Kier alpha value is -1.70. The molecule has 1 aliphatic rings. The quantitative estimate of drug-likeness (QED) is 0.836. The molecule has 0 aliphatic carbocycles. The smallest absolute Gasteiger partial charge is 0.410 e. The number of carbonyl (C=O) groups excluding carboxylic acids is 1. The Labute approximate surface area is 137 Å². The van der Waals surface area contributed by atoms with E-state index in [0.717, 1.165) is 12.8 Å². The zero-order chi connectivity index (χ0) is 17.1. The largest absolute Gasteiger partial charge is 0.444 e. The molecule has 0 N–H and O–H groups in total. The molecule has 1 atom stereocenters. The summed E-state index contributed by atoms with van der Waals surface area (Å²) >= 11 is 0. The van der Waals surface area contributed by atoms with E-state index in [9.17, 15) is 13.2 Å². The van der Waals surface area contributed by atoms with Crippen LogP contribution in [-0.4, -0.2) is 53.3 Å². The molecule has 23 heavy (non-hydrogen) atoms. The summed E-state index contributed by atoms with van der Waals surface area (Å²) in [6, 6.07) is -0.398. The summed E-state index contributed by atoms with van der Waals surface area (Å²) in [7, 11) is -3.59. The maximum absolute atomic E-state index is 12.5. The molecular formula is C15H23N3O4S. The maximum Gasteiger partial charge on any atom is 0.410 e. The molecule has 0 spiro atoms. The van der Waals surface area contributed by atoms with Crippen LogP contribution in [0, 0.1) is 0 Å². The van der Waals surface area contributed by atoms with Gasteiger partial charge in [-0.15, -0.1) is 0 Å². The van der Waals surface area contributed by atoms with Gasteiger partial charge in [-0.3, -0.25) is 4.98 Å². The third kappa shape index (κ3) is 4.89. The van der Waals surface area contributed by atoms with Crippen LogP contribution in [0.3, 0.4) is 0 Å². The van der Waals surface area contributed by atoms with Crippen molar-refractivity contribution in [1.82, 2.24) is 14.9 Å². The minimum absolute atomic E-state index is 0.0605. The number of carbonyl (C=O) groups is 1. The van der Waals surface area contributed by atoms with E-state index < -0.39 is 27.6 Å². The molecule has 0 radical (unpaired) electrons. The molecule has 1 aromatic rings. The third-order valence-corrected chi connectivity index (χ3v) is 5.20. The number of rotatable bonds is 3. The fraction of sp³-hybridized carbons (Fsp3) is 0.667. The zero-order valence-corrected chi connectivity index (χ0v) is 14.5. The highest BCUT2D eigenvalue weighted by Crippen LogP contribution is 2.23. The van der Waals surface area contributed by atoms with Crippen molar-refractivity contribution in [3.8, 4) is 0 Å². The van der Waals surface area contributed by atoms with Crippen molar-refractivity contribution in [2.75, 3.05) is 12.3 Å². The van der Waals surface area contributed by atoms with Crippen LogP contribution in [0.15, 0.2) is 23.6 Å². The van der Waals surface area contributed by atoms with Gasteiger partial charge in [0.15, 0.2) is 14.9 Å². The van der Waals surface area contributed by atoms with Gasteiger partial charge >= 0.3 is 6.09 Å². The first-order chi connectivity index (χ1) is 10.7. The summed E-state index contributed by atoms with van der Waals surface area (Å²) in [6.07, 6.45) is 5.92. The standard InChI is InChI=1S/C15H23N3O4S/c1-15(2,3)22-14(19)18-9-5-4-6-12(18)11-23(20,21)13-10-16-7-8-17-13/h7-8,10,12H,4-6,9,11H2,1-3H3/t12-/m0/s1. The Balaban J connectivity index is 2.14. The number of nitrogens with zero attached hydrogens (tertiary/aromatic N) is 3. The van der Waals surface area contributed by atoms with Crippen molar-refractivity contribution in [3.63, 3.8) is 0 Å². The van der Waals surface area contributed by atoms with E-state index in [0.29, 0.717) is 13.0 Å². The minimum Gasteiger partial charge on any atom is -0.444 e. The van der Waals surface area contributed by atoms with Gasteiger partial charge < -0.3 is 9.64 Å². The minimum atomic E-state index is -3.59. The second-order valence-corrected chi connectivity index (χ2v) is 8.63. The third-order valence-electron chi connectivity index (χ3n) is 3.53. The lowest BCUT2D eigenvalue weighted by atomic mass is 10.0. The van der Waals surface area contributed by atoms with Crippen molar-refractivity contribution in [1.29, 1.82) is 0 Å². The van der Waals surface area contributed by atoms with E-state index in [-0.39, 0.29) is 10.8 Å². The van der Waals surface area contributed by atoms with Crippen LogP contribution in [0.2, 0.25) is 0 Å². The average Bonchev–Trinajstić information content (AvgIpc) is 2.46. The van der Waals surface area contributed by atoms with Gasteiger partial charge in [-0.2, -0.15) is 0 Å². The highest BCUT2D eigenvalue weighted by atomic mass is 32.2. The van der Waals surface area contributed by atoms with Gasteiger partial charge in [0.05, 0.1) is 11.9 Å². The number of hydrogen-bond acceptors (Lipinski definition) is 6. The summed E-state index contributed by atoms with van der Waals surface area (Å²) in [4.78, 5) is 21.5. The van der Waals surface area contributed by atoms with Crippen LogP contribution in [0.25, 0.3) is 0 Å². The van der Waals surface area contributed by atoms with E-state index in [1.165, 1.54) is 23.5 Å². The first-order valence-electron chi connectivity index (χ1n) is 7.67. The Kier molecular flexibility index (Phi) is 5.23. The fourth-order valence-corrected chi connectivity index (χ4v) is 3.99. The summed E-state index contributed by atoms with van der Waals surface area (Å²) in [5.41, 5.74) is -0.608. The number of likely N-dealkylation sites (tertiary alicyclic amines) is 1. The highest BCUT2D eigenvalue weighted by Gasteiger charge is 2.34. The molecular weight excluding hydrogens is 318 g/mol. The van der Waals surface area contributed by atoms with Gasteiger partial charge in [0.1, 0.15) is 5.60 Å². The van der Waals surface area contributed by atoms with E-state index in [2.05, 4.69) is 9.97 Å². The van der Waals surface area contributed by atoms with Crippen LogP contribution in [-0.2, 0) is 14.6 Å². The second-order valence-electron chi connectivity index (χ2n) is 6.65. The van der Waals surface area contributed by atoms with Gasteiger partial charge in [0, 0.05) is 25.0 Å². The molecule has 0 bridgehead atoms. The fourth-order valence-electron chi connectivity index (χ4n) is 2.52. The molecule has 1 aliphatic heterocycles. The normalized spacial score (nSPS) is 19.4. The molecule has 1 saturated heterocycles. The summed E-state index contributed by atoms with van der Waals surface area (Å²) in [5, 5.41) is -0.0605. The van der Waals surface area contributed by atoms with E-state index in [4.69, 9.17) is 4.74 Å². The lowest BCUT2D eigenvalue weighted by Crippen LogP contribution is -2.48. The van der Waals surface area contributed by atoms with Gasteiger partial charge in [0.2, 0.25) is 0 Å². The van der Waals surface area contributed by atoms with Gasteiger partial charge in [0.25, 0.3) is 0 Å². The van der Waals surface area contributed by atoms with Crippen molar-refractivity contribution >= 4 is 15.9 Å². The molecule has 7 nitrogen and oxygen atoms in total. The molecule has 2 heterocycles. The monoisotopic (exact) mass is 341 g/mol. The Morgan fingerprint density at radius 1 is 1.35 bits per heavy atom. The van der Waals surface area contributed by atoms with E-state index in [1.807, 2.05) is 0 Å². The number of amides is 1. The van der Waals surface area contributed by atoms with Crippen molar-refractivity contribution in [3.05, 3.63) is 18.6 Å². The van der Waals surface area contributed by atoms with Crippen LogP contribution < -0.4 is 0 Å². The summed E-state index contributed by atoms with van der Waals surface area (Å²) in [6.45, 7) is 5.88. The van der Waals surface area contributed by atoms with Crippen LogP contribution in [0.4, 0.5) is 4.79 Å². The van der Waals surface area contributed by atoms with Crippen molar-refractivity contribution < 1.29 is 17.9 Å². The Bertz CT molecular complexity index is 640. The molecule has 0 aromatic carbocycles. The van der Waals surface area contributed by atoms with Crippen LogP contribution in [0.5, 0.6) is 0 Å². The predicted octanol–water partition coefficient (Wildman–Crippen LogP) is 2.04. The van der Waals surface area contributed by atoms with E-state index in [1.54, 1.807) is 20.8 Å². The number of piperidine rings is 1. The zero-order valence-electron chi connectivity index (χ0n) is 13.7. The molecule has 2 rings (SSSR count). The number of ether oxygens (including phenoxy) is 1. The number of hydrogen-bond donors (Lipinski definition) is 0. The topological polar surface area (TPSA) is 89.5 Å². The van der Waals surface area contributed by atoms with Gasteiger partial charge in [-0.25, -0.2) is 18.2 Å². The van der Waals surface area contributed by atoms with Crippen LogP contribution >= 0.6 is 0 Å². The lowest BCUT2D eigenvalue weighted by molar-refractivity contribution is 0.0124. The van der Waals surface area contributed by atoms with Crippen molar-refractivity contribution in [2.24, 2.45) is 0 Å². The second kappa shape index (κ2) is 6.82. The molecule has 128 valence electrons. The number of aromatic nitrogens is 2. The molecule has 8 heteroatoms. The lowest BCUT2D eigenvalue weighted by Gasteiger charge is -2.36. The Morgan fingerprint density at radius 3 is 2.70 bits per heavy atom. The van der Waals surface area contributed by atoms with E-state index >= 15 is 0 Å². The molecule has 1 amide bonds. The molecule has 1 fully saturated rings. The molecule has 0 saturated carbocycles. The van der Waals surface area contributed by atoms with Gasteiger partial charge in [-0.05, 0) is 40.0 Å². The van der Waals surface area contributed by atoms with Crippen molar-refractivity contribution in [2.45, 2.75) is 56.7 Å². The van der Waals surface area contributed by atoms with Crippen LogP contribution in [0.1, 0.15) is 40.0 Å². The first-order valence-corrected chi connectivity index (χ1v) is 9.33. The SMILES string of the molecule is CC(C)(C)OC(=O)N1CCCC[C@H]1CS(=O)(=O)c1cnccn1. The predicted molar refractivity (Wildman–Crippen MR) is 84.7 cm³/mol. The summed E-state index contributed by atoms with van der Waals surface area (Å²) in [5.74, 6) is -0.162. The highest BCUT2D eigenvalue weighted by molar-refractivity contribution is 7.91. The Morgan fingerprint density at radius 2 is 2.09 bits per heavy atom.